The maximum Gasteiger partial charge on any atom is 0.227 e. The largest absolute Gasteiger partial charge is 0.436 e. The van der Waals surface area contributed by atoms with Gasteiger partial charge in [0, 0.05) is 5.56 Å². The monoisotopic (exact) mass is 447 g/mol. The SMILES string of the molecule is c1ccc(-c2c3ccccc3c(-c3ccc(-c4nc5ccccc5o4)cc3)c3ccccc23)cc1. The van der Waals surface area contributed by atoms with E-state index in [9.17, 15) is 0 Å². The predicted octanol–water partition coefficient (Wildman–Crippen LogP) is 9.14. The fraction of sp³-hybridized carbons (Fsp3) is 0. The molecule has 7 aromatic rings. The third kappa shape index (κ3) is 3.23. The van der Waals surface area contributed by atoms with Gasteiger partial charge in [-0.3, -0.25) is 0 Å². The lowest BCUT2D eigenvalue weighted by atomic mass is 9.86. The van der Waals surface area contributed by atoms with Gasteiger partial charge >= 0.3 is 0 Å². The summed E-state index contributed by atoms with van der Waals surface area (Å²) in [6.45, 7) is 0. The van der Waals surface area contributed by atoms with Crippen molar-refractivity contribution >= 4 is 32.6 Å². The van der Waals surface area contributed by atoms with Crippen molar-refractivity contribution in [3.63, 3.8) is 0 Å². The molecule has 0 aliphatic carbocycles. The number of hydrogen-bond acceptors (Lipinski definition) is 2. The third-order valence-corrected chi connectivity index (χ3v) is 6.71. The Hall–Kier alpha value is -4.69. The summed E-state index contributed by atoms with van der Waals surface area (Å²) in [6, 6.07) is 44.6. The second-order valence-electron chi connectivity index (χ2n) is 8.77. The molecule has 6 aromatic carbocycles. The molecule has 7 rings (SSSR count). The molecule has 164 valence electrons. The van der Waals surface area contributed by atoms with Gasteiger partial charge in [-0.15, -0.1) is 0 Å². The lowest BCUT2D eigenvalue weighted by Crippen LogP contribution is -1.90. The van der Waals surface area contributed by atoms with Crippen LogP contribution in [0.1, 0.15) is 0 Å². The highest BCUT2D eigenvalue weighted by Gasteiger charge is 2.16. The highest BCUT2D eigenvalue weighted by molar-refractivity contribution is 6.21. The molecule has 0 saturated heterocycles. The summed E-state index contributed by atoms with van der Waals surface area (Å²) in [4.78, 5) is 4.66. The Morgan fingerprint density at radius 3 is 1.43 bits per heavy atom. The van der Waals surface area contributed by atoms with Gasteiger partial charge in [0.2, 0.25) is 5.89 Å². The van der Waals surface area contributed by atoms with Gasteiger partial charge in [0.15, 0.2) is 5.58 Å². The highest BCUT2D eigenvalue weighted by Crippen LogP contribution is 2.43. The van der Waals surface area contributed by atoms with Gasteiger partial charge < -0.3 is 4.42 Å². The predicted molar refractivity (Wildman–Crippen MR) is 145 cm³/mol. The van der Waals surface area contributed by atoms with Gasteiger partial charge in [-0.1, -0.05) is 103 Å². The first-order chi connectivity index (χ1) is 17.4. The van der Waals surface area contributed by atoms with Crippen LogP contribution in [-0.4, -0.2) is 4.98 Å². The van der Waals surface area contributed by atoms with E-state index in [1.165, 1.54) is 43.8 Å². The van der Waals surface area contributed by atoms with Crippen LogP contribution in [0.25, 0.3) is 66.4 Å². The molecule has 35 heavy (non-hydrogen) atoms. The molecule has 0 fully saturated rings. The summed E-state index contributed by atoms with van der Waals surface area (Å²) in [5.74, 6) is 0.645. The van der Waals surface area contributed by atoms with Gasteiger partial charge in [0.1, 0.15) is 5.52 Å². The second-order valence-corrected chi connectivity index (χ2v) is 8.77. The fourth-order valence-electron chi connectivity index (χ4n) is 5.13. The minimum atomic E-state index is 0.645. The lowest BCUT2D eigenvalue weighted by molar-refractivity contribution is 0.620. The number of para-hydroxylation sites is 2. The number of nitrogens with zero attached hydrogens (tertiary/aromatic N) is 1. The minimum absolute atomic E-state index is 0.645. The minimum Gasteiger partial charge on any atom is -0.436 e. The molecule has 0 spiro atoms. The molecule has 0 unspecified atom stereocenters. The van der Waals surface area contributed by atoms with Gasteiger partial charge in [0.25, 0.3) is 0 Å². The first kappa shape index (κ1) is 19.7. The third-order valence-electron chi connectivity index (χ3n) is 6.71. The molecule has 1 heterocycles. The van der Waals surface area contributed by atoms with Crippen molar-refractivity contribution in [3.05, 3.63) is 127 Å². The van der Waals surface area contributed by atoms with Gasteiger partial charge in [-0.05, 0) is 68.1 Å². The molecule has 0 bridgehead atoms. The van der Waals surface area contributed by atoms with E-state index in [0.717, 1.165) is 16.7 Å². The Kier molecular flexibility index (Phi) is 4.49. The molecular weight excluding hydrogens is 426 g/mol. The number of aromatic nitrogens is 1. The molecule has 2 nitrogen and oxygen atoms in total. The summed E-state index contributed by atoms with van der Waals surface area (Å²) in [5.41, 5.74) is 7.60. The highest BCUT2D eigenvalue weighted by atomic mass is 16.3. The zero-order valence-corrected chi connectivity index (χ0v) is 19.0. The zero-order chi connectivity index (χ0) is 23.2. The Bertz CT molecular complexity index is 1740. The summed E-state index contributed by atoms with van der Waals surface area (Å²) < 4.78 is 5.99. The van der Waals surface area contributed by atoms with Crippen LogP contribution in [0.5, 0.6) is 0 Å². The summed E-state index contributed by atoms with van der Waals surface area (Å²) in [7, 11) is 0. The Balaban J connectivity index is 1.46. The summed E-state index contributed by atoms with van der Waals surface area (Å²) in [6.07, 6.45) is 0. The number of oxazole rings is 1. The van der Waals surface area contributed by atoms with Crippen LogP contribution in [0.3, 0.4) is 0 Å². The Labute approximate surface area is 203 Å². The number of benzene rings is 6. The normalized spacial score (nSPS) is 11.4. The Morgan fingerprint density at radius 1 is 0.400 bits per heavy atom. The average Bonchev–Trinajstić information content (AvgIpc) is 3.37. The van der Waals surface area contributed by atoms with Crippen molar-refractivity contribution in [2.45, 2.75) is 0 Å². The maximum absolute atomic E-state index is 5.99. The molecule has 0 aliphatic heterocycles. The van der Waals surface area contributed by atoms with Crippen molar-refractivity contribution < 1.29 is 4.42 Å². The number of hydrogen-bond donors (Lipinski definition) is 0. The van der Waals surface area contributed by atoms with E-state index in [4.69, 9.17) is 4.42 Å². The van der Waals surface area contributed by atoms with E-state index in [-0.39, 0.29) is 0 Å². The van der Waals surface area contributed by atoms with Crippen molar-refractivity contribution in [3.8, 4) is 33.7 Å². The molecule has 0 radical (unpaired) electrons. The van der Waals surface area contributed by atoms with E-state index < -0.39 is 0 Å². The molecule has 0 N–H and O–H groups in total. The van der Waals surface area contributed by atoms with Crippen LogP contribution < -0.4 is 0 Å². The molecule has 2 heteroatoms. The van der Waals surface area contributed by atoms with Crippen molar-refractivity contribution in [1.82, 2.24) is 4.98 Å². The molecule has 0 atom stereocenters. The van der Waals surface area contributed by atoms with Gasteiger partial charge in [-0.2, -0.15) is 0 Å². The summed E-state index contributed by atoms with van der Waals surface area (Å²) in [5, 5.41) is 5.02. The average molecular weight is 448 g/mol. The van der Waals surface area contributed by atoms with E-state index in [1.807, 2.05) is 24.3 Å². The Morgan fingerprint density at radius 2 is 0.857 bits per heavy atom. The topological polar surface area (TPSA) is 26.0 Å². The standard InChI is InChI=1S/C33H21NO/c1-2-10-22(11-3-1)31-25-12-4-6-14-27(25)32(28-15-7-5-13-26(28)31)23-18-20-24(21-19-23)33-34-29-16-8-9-17-30(29)35-33/h1-21H. The van der Waals surface area contributed by atoms with Crippen LogP contribution in [0.2, 0.25) is 0 Å². The zero-order valence-electron chi connectivity index (χ0n) is 19.0. The van der Waals surface area contributed by atoms with Crippen LogP contribution in [-0.2, 0) is 0 Å². The molecule has 0 aliphatic rings. The van der Waals surface area contributed by atoms with Crippen LogP contribution in [0.15, 0.2) is 132 Å². The number of rotatable bonds is 3. The van der Waals surface area contributed by atoms with Crippen molar-refractivity contribution in [1.29, 1.82) is 0 Å². The van der Waals surface area contributed by atoms with Gasteiger partial charge in [0.05, 0.1) is 0 Å². The van der Waals surface area contributed by atoms with E-state index in [2.05, 4.69) is 108 Å². The molecule has 1 aromatic heterocycles. The lowest BCUT2D eigenvalue weighted by Gasteiger charge is -2.17. The van der Waals surface area contributed by atoms with Crippen molar-refractivity contribution in [2.24, 2.45) is 0 Å². The fourth-order valence-corrected chi connectivity index (χ4v) is 5.13. The van der Waals surface area contributed by atoms with E-state index in [1.54, 1.807) is 0 Å². The number of fused-ring (bicyclic) bond motifs is 3. The molecule has 0 amide bonds. The van der Waals surface area contributed by atoms with Crippen LogP contribution in [0.4, 0.5) is 0 Å². The molecule has 0 saturated carbocycles. The molecular formula is C33H21NO. The van der Waals surface area contributed by atoms with Crippen LogP contribution in [0, 0.1) is 0 Å². The first-order valence-electron chi connectivity index (χ1n) is 11.8. The van der Waals surface area contributed by atoms with E-state index in [0.29, 0.717) is 5.89 Å². The first-order valence-corrected chi connectivity index (χ1v) is 11.8. The maximum atomic E-state index is 5.99. The van der Waals surface area contributed by atoms with Crippen molar-refractivity contribution in [2.75, 3.05) is 0 Å². The smallest absolute Gasteiger partial charge is 0.227 e. The summed E-state index contributed by atoms with van der Waals surface area (Å²) >= 11 is 0. The van der Waals surface area contributed by atoms with Crippen LogP contribution >= 0.6 is 0 Å². The second kappa shape index (κ2) is 7.96. The quantitative estimate of drug-likeness (QED) is 0.252. The van der Waals surface area contributed by atoms with Gasteiger partial charge in [-0.25, -0.2) is 4.98 Å². The van der Waals surface area contributed by atoms with E-state index >= 15 is 0 Å².